The number of hydrogen-bond donors (Lipinski definition) is 1. The Morgan fingerprint density at radius 3 is 2.59 bits per heavy atom. The maximum absolute atomic E-state index is 13.3. The standard InChI is InChI=1S/C19H27ClN6O5S/c1-12(15(30-3)16-21-8-14(20)9-22-16)32(27,28)25-18-24-23-17(13-4-7-31-10-13)26(18)19(5-6-19)11-29-2/h8-9,12-13,15H,4-7,10-11H2,1-3H3,(H,24,25)/t12-,13+,15-/m0/s1. The lowest BCUT2D eigenvalue weighted by Crippen LogP contribution is -2.35. The summed E-state index contributed by atoms with van der Waals surface area (Å²) in [6.45, 7) is 3.14. The number of hydrogen-bond acceptors (Lipinski definition) is 9. The molecule has 3 atom stereocenters. The second-order valence-corrected chi connectivity index (χ2v) is 10.7. The van der Waals surface area contributed by atoms with Crippen LogP contribution in [0, 0.1) is 0 Å². The highest BCUT2D eigenvalue weighted by Gasteiger charge is 2.49. The summed E-state index contributed by atoms with van der Waals surface area (Å²) in [7, 11) is -0.908. The van der Waals surface area contributed by atoms with Crippen molar-refractivity contribution in [3.8, 4) is 0 Å². The molecule has 176 valence electrons. The molecule has 0 radical (unpaired) electrons. The van der Waals surface area contributed by atoms with Gasteiger partial charge in [0, 0.05) is 39.1 Å². The van der Waals surface area contributed by atoms with Gasteiger partial charge in [-0.1, -0.05) is 11.6 Å². The van der Waals surface area contributed by atoms with E-state index in [2.05, 4.69) is 24.9 Å². The van der Waals surface area contributed by atoms with Crippen LogP contribution in [0.2, 0.25) is 5.02 Å². The third-order valence-corrected chi connectivity index (χ3v) is 7.88. The first-order chi connectivity index (χ1) is 15.3. The van der Waals surface area contributed by atoms with E-state index in [0.717, 1.165) is 19.3 Å². The monoisotopic (exact) mass is 486 g/mol. The molecule has 4 rings (SSSR count). The minimum Gasteiger partial charge on any atom is -0.382 e. The van der Waals surface area contributed by atoms with E-state index in [1.54, 1.807) is 7.11 Å². The number of rotatable bonds is 10. The summed E-state index contributed by atoms with van der Waals surface area (Å²) in [5.41, 5.74) is -0.364. The van der Waals surface area contributed by atoms with Crippen molar-refractivity contribution in [2.24, 2.45) is 0 Å². The van der Waals surface area contributed by atoms with Crippen LogP contribution < -0.4 is 4.72 Å². The summed E-state index contributed by atoms with van der Waals surface area (Å²) in [5, 5.41) is 7.88. The van der Waals surface area contributed by atoms with Crippen LogP contribution in [0.5, 0.6) is 0 Å². The lowest BCUT2D eigenvalue weighted by Gasteiger charge is -2.25. The predicted molar refractivity (Wildman–Crippen MR) is 116 cm³/mol. The van der Waals surface area contributed by atoms with Crippen molar-refractivity contribution >= 4 is 27.6 Å². The van der Waals surface area contributed by atoms with Crippen molar-refractivity contribution in [3.63, 3.8) is 0 Å². The predicted octanol–water partition coefficient (Wildman–Crippen LogP) is 1.88. The number of halogens is 1. The second kappa shape index (κ2) is 9.18. The van der Waals surface area contributed by atoms with Gasteiger partial charge in [-0.3, -0.25) is 9.29 Å². The summed E-state index contributed by atoms with van der Waals surface area (Å²) < 4.78 is 47.5. The average molecular weight is 487 g/mol. The Balaban J connectivity index is 1.64. The second-order valence-electron chi connectivity index (χ2n) is 8.20. The fourth-order valence-corrected chi connectivity index (χ4v) is 5.27. The van der Waals surface area contributed by atoms with Crippen LogP contribution in [0.15, 0.2) is 12.4 Å². The molecule has 1 aliphatic heterocycles. The fraction of sp³-hybridized carbons (Fsp3) is 0.684. The van der Waals surface area contributed by atoms with Gasteiger partial charge >= 0.3 is 0 Å². The van der Waals surface area contributed by atoms with E-state index >= 15 is 0 Å². The van der Waals surface area contributed by atoms with Gasteiger partial charge in [-0.2, -0.15) is 0 Å². The highest BCUT2D eigenvalue weighted by Crippen LogP contribution is 2.47. The minimum absolute atomic E-state index is 0.0571. The van der Waals surface area contributed by atoms with Crippen LogP contribution in [0.25, 0.3) is 0 Å². The molecule has 2 aliphatic rings. The van der Waals surface area contributed by atoms with Crippen molar-refractivity contribution in [1.29, 1.82) is 0 Å². The van der Waals surface area contributed by atoms with Gasteiger partial charge < -0.3 is 14.2 Å². The van der Waals surface area contributed by atoms with Gasteiger partial charge in [0.1, 0.15) is 17.2 Å². The Bertz CT molecular complexity index is 1040. The highest BCUT2D eigenvalue weighted by molar-refractivity contribution is 7.93. The van der Waals surface area contributed by atoms with E-state index < -0.39 is 21.4 Å². The molecule has 2 aromatic rings. The molecule has 0 bridgehead atoms. The van der Waals surface area contributed by atoms with Crippen LogP contribution in [-0.4, -0.2) is 72.4 Å². The molecule has 1 N–H and O–H groups in total. The number of ether oxygens (including phenoxy) is 3. The third kappa shape index (κ3) is 4.46. The van der Waals surface area contributed by atoms with Gasteiger partial charge in [0.25, 0.3) is 0 Å². The lowest BCUT2D eigenvalue weighted by atomic mass is 10.1. The first kappa shape index (κ1) is 23.3. The van der Waals surface area contributed by atoms with Crippen molar-refractivity contribution in [1.82, 2.24) is 24.7 Å². The average Bonchev–Trinajstić information content (AvgIpc) is 3.15. The SMILES string of the molecule is COCC1(n2c(NS(=O)(=O)[C@@H](C)[C@H](OC)c3ncc(Cl)cn3)nnc2[C@@H]2CCOC2)CC1. The molecule has 2 aromatic heterocycles. The Kier molecular flexibility index (Phi) is 6.68. The number of aromatic nitrogens is 5. The first-order valence-electron chi connectivity index (χ1n) is 10.4. The summed E-state index contributed by atoms with van der Waals surface area (Å²) in [4.78, 5) is 8.23. The van der Waals surface area contributed by atoms with Crippen LogP contribution in [0.3, 0.4) is 0 Å². The van der Waals surface area contributed by atoms with Gasteiger partial charge in [0.05, 0.1) is 23.8 Å². The Hall–Kier alpha value is -1.86. The molecule has 1 aliphatic carbocycles. The van der Waals surface area contributed by atoms with Gasteiger partial charge in [-0.15, -0.1) is 10.2 Å². The lowest BCUT2D eigenvalue weighted by molar-refractivity contribution is 0.0950. The molecule has 3 heterocycles. The molecule has 0 amide bonds. The minimum atomic E-state index is -3.95. The van der Waals surface area contributed by atoms with E-state index in [-0.39, 0.29) is 23.2 Å². The van der Waals surface area contributed by atoms with Crippen LogP contribution >= 0.6 is 11.6 Å². The van der Waals surface area contributed by atoms with Crippen molar-refractivity contribution in [2.45, 2.75) is 49.0 Å². The Morgan fingerprint density at radius 2 is 2.03 bits per heavy atom. The van der Waals surface area contributed by atoms with E-state index in [0.29, 0.717) is 30.7 Å². The van der Waals surface area contributed by atoms with Crippen LogP contribution in [0.4, 0.5) is 5.95 Å². The zero-order valence-electron chi connectivity index (χ0n) is 18.2. The number of nitrogens with zero attached hydrogens (tertiary/aromatic N) is 5. The molecule has 0 spiro atoms. The highest BCUT2D eigenvalue weighted by atomic mass is 35.5. The van der Waals surface area contributed by atoms with E-state index in [4.69, 9.17) is 25.8 Å². The van der Waals surface area contributed by atoms with E-state index in [1.807, 2.05) is 4.57 Å². The van der Waals surface area contributed by atoms with E-state index in [9.17, 15) is 8.42 Å². The summed E-state index contributed by atoms with van der Waals surface area (Å²) in [6, 6.07) is 0. The molecule has 13 heteroatoms. The van der Waals surface area contributed by atoms with Crippen molar-refractivity contribution < 1.29 is 22.6 Å². The molecule has 1 saturated carbocycles. The first-order valence-corrected chi connectivity index (χ1v) is 12.3. The Labute approximate surface area is 191 Å². The number of sulfonamides is 1. The van der Waals surface area contributed by atoms with Gasteiger partial charge in [-0.05, 0) is 26.2 Å². The van der Waals surface area contributed by atoms with Gasteiger partial charge in [-0.25, -0.2) is 18.4 Å². The smallest absolute Gasteiger partial charge is 0.240 e. The van der Waals surface area contributed by atoms with Gasteiger partial charge in [0.2, 0.25) is 16.0 Å². The number of methoxy groups -OCH3 is 2. The topological polar surface area (TPSA) is 130 Å². The molecule has 0 aromatic carbocycles. The zero-order valence-corrected chi connectivity index (χ0v) is 19.8. The summed E-state index contributed by atoms with van der Waals surface area (Å²) >= 11 is 5.85. The Morgan fingerprint density at radius 1 is 1.31 bits per heavy atom. The zero-order chi connectivity index (χ0) is 22.9. The largest absolute Gasteiger partial charge is 0.382 e. The van der Waals surface area contributed by atoms with Gasteiger partial charge in [0.15, 0.2) is 5.82 Å². The van der Waals surface area contributed by atoms with E-state index in [1.165, 1.54) is 26.4 Å². The summed E-state index contributed by atoms with van der Waals surface area (Å²) in [5.74, 6) is 1.16. The maximum Gasteiger partial charge on any atom is 0.240 e. The molecule has 2 fully saturated rings. The van der Waals surface area contributed by atoms with Crippen molar-refractivity contribution in [3.05, 3.63) is 29.1 Å². The number of nitrogens with one attached hydrogen (secondary N) is 1. The van der Waals surface area contributed by atoms with Crippen molar-refractivity contribution in [2.75, 3.05) is 38.8 Å². The molecular weight excluding hydrogens is 460 g/mol. The number of anilines is 1. The van der Waals surface area contributed by atoms with Crippen LogP contribution in [0.1, 0.15) is 49.9 Å². The molecule has 1 saturated heterocycles. The normalized spacial score (nSPS) is 21.9. The quantitative estimate of drug-likeness (QED) is 0.534. The van der Waals surface area contributed by atoms with Crippen LogP contribution in [-0.2, 0) is 29.8 Å². The third-order valence-electron chi connectivity index (χ3n) is 6.00. The summed E-state index contributed by atoms with van der Waals surface area (Å²) in [6.07, 6.45) is 4.40. The molecule has 11 nitrogen and oxygen atoms in total. The molecule has 32 heavy (non-hydrogen) atoms. The molecular formula is C19H27ClN6O5S. The fourth-order valence-electron chi connectivity index (χ4n) is 4.04. The maximum atomic E-state index is 13.3. The molecule has 0 unspecified atom stereocenters.